The molecule has 0 bridgehead atoms. The number of hydrogen-bond acceptors (Lipinski definition) is 6. The highest BCUT2D eigenvalue weighted by Crippen LogP contribution is 2.07. The first-order chi connectivity index (χ1) is 9.80. The normalized spacial score (nSPS) is 12.1. The molecule has 0 aliphatic heterocycles. The number of rotatable bonds is 5. The Morgan fingerprint density at radius 3 is 2.81 bits per heavy atom. The van der Waals surface area contributed by atoms with Crippen LogP contribution in [0.4, 0.5) is 10.6 Å². The molecule has 7 nitrogen and oxygen atoms in total. The van der Waals surface area contributed by atoms with Crippen LogP contribution in [0.1, 0.15) is 39.8 Å². The van der Waals surface area contributed by atoms with Gasteiger partial charge in [0.1, 0.15) is 29.5 Å². The van der Waals surface area contributed by atoms with Gasteiger partial charge in [-0.15, -0.1) is 0 Å². The maximum atomic E-state index is 11.6. The summed E-state index contributed by atoms with van der Waals surface area (Å²) < 4.78 is 5.18. The van der Waals surface area contributed by atoms with E-state index in [1.807, 2.05) is 33.8 Å². The number of amides is 1. The molecule has 0 saturated carbocycles. The van der Waals surface area contributed by atoms with Gasteiger partial charge in [0.2, 0.25) is 0 Å². The number of nitrogens with one attached hydrogen (secondary N) is 2. The molecule has 0 spiro atoms. The monoisotopic (exact) mass is 291 g/mol. The van der Waals surface area contributed by atoms with Gasteiger partial charge in [0.15, 0.2) is 0 Å². The zero-order valence-electron chi connectivity index (χ0n) is 12.8. The minimum absolute atomic E-state index is 0.0374. The molecule has 0 aromatic carbocycles. The van der Waals surface area contributed by atoms with E-state index >= 15 is 0 Å². The Hall–Kier alpha value is -2.36. The molecule has 0 aliphatic carbocycles. The third kappa shape index (κ3) is 7.11. The highest BCUT2D eigenvalue weighted by Gasteiger charge is 2.17. The van der Waals surface area contributed by atoms with Crippen LogP contribution in [0.15, 0.2) is 12.4 Å². The van der Waals surface area contributed by atoms with Crippen LogP contribution in [0.25, 0.3) is 0 Å². The van der Waals surface area contributed by atoms with Crippen molar-refractivity contribution < 1.29 is 9.53 Å². The van der Waals surface area contributed by atoms with Crippen molar-refractivity contribution in [3.05, 3.63) is 18.1 Å². The lowest BCUT2D eigenvalue weighted by Crippen LogP contribution is -2.38. The highest BCUT2D eigenvalue weighted by atomic mass is 16.6. The van der Waals surface area contributed by atoms with Gasteiger partial charge in [-0.1, -0.05) is 0 Å². The fraction of sp³-hybridized carbons (Fsp3) is 0.571. The van der Waals surface area contributed by atoms with Gasteiger partial charge in [0.05, 0.1) is 0 Å². The zero-order chi connectivity index (χ0) is 15.9. The second-order valence-corrected chi connectivity index (χ2v) is 5.66. The molecule has 1 atom stereocenters. The van der Waals surface area contributed by atoms with E-state index in [0.29, 0.717) is 24.5 Å². The van der Waals surface area contributed by atoms with Gasteiger partial charge in [-0.25, -0.2) is 14.8 Å². The summed E-state index contributed by atoms with van der Waals surface area (Å²) in [5.74, 6) is 0.589. The number of anilines is 1. The molecule has 7 heteroatoms. The van der Waals surface area contributed by atoms with Crippen molar-refractivity contribution in [3.8, 4) is 6.07 Å². The summed E-state index contributed by atoms with van der Waals surface area (Å²) in [7, 11) is 0. The molecule has 114 valence electrons. The van der Waals surface area contributed by atoms with Crippen LogP contribution in [0.5, 0.6) is 0 Å². The van der Waals surface area contributed by atoms with Gasteiger partial charge in [0.25, 0.3) is 0 Å². The standard InChI is InChI=1S/C14H21N5O2/c1-10(19-13(20)21-14(2,3)4)5-6-16-12-7-11(8-15)17-9-18-12/h7,9-10H,5-6H2,1-4H3,(H,19,20)(H,16,17,18)/t10-/m1/s1. The quantitative estimate of drug-likeness (QED) is 0.861. The summed E-state index contributed by atoms with van der Waals surface area (Å²) in [6.07, 6.45) is 1.61. The number of ether oxygens (including phenoxy) is 1. The van der Waals surface area contributed by atoms with Crippen LogP contribution >= 0.6 is 0 Å². The van der Waals surface area contributed by atoms with Crippen LogP contribution < -0.4 is 10.6 Å². The number of hydrogen-bond donors (Lipinski definition) is 2. The smallest absolute Gasteiger partial charge is 0.407 e. The molecule has 1 aromatic rings. The predicted molar refractivity (Wildman–Crippen MR) is 78.7 cm³/mol. The first kappa shape index (κ1) is 16.7. The first-order valence-corrected chi connectivity index (χ1v) is 6.75. The Labute approximate surface area is 124 Å². The first-order valence-electron chi connectivity index (χ1n) is 6.75. The van der Waals surface area contributed by atoms with Crippen molar-refractivity contribution in [3.63, 3.8) is 0 Å². The van der Waals surface area contributed by atoms with E-state index in [1.165, 1.54) is 6.33 Å². The van der Waals surface area contributed by atoms with E-state index in [1.54, 1.807) is 6.07 Å². The zero-order valence-corrected chi connectivity index (χ0v) is 12.8. The molecular formula is C14H21N5O2. The van der Waals surface area contributed by atoms with E-state index in [2.05, 4.69) is 20.6 Å². The molecule has 2 N–H and O–H groups in total. The lowest BCUT2D eigenvalue weighted by Gasteiger charge is -2.22. The van der Waals surface area contributed by atoms with Gasteiger partial charge in [-0.3, -0.25) is 0 Å². The average molecular weight is 291 g/mol. The molecule has 1 rings (SSSR count). The number of carbonyl (C=O) groups excluding carboxylic acids is 1. The van der Waals surface area contributed by atoms with Crippen molar-refractivity contribution in [2.45, 2.75) is 45.8 Å². The topological polar surface area (TPSA) is 99.9 Å². The molecular weight excluding hydrogens is 270 g/mol. The van der Waals surface area contributed by atoms with Crippen molar-refractivity contribution in [1.82, 2.24) is 15.3 Å². The van der Waals surface area contributed by atoms with E-state index in [9.17, 15) is 4.79 Å². The van der Waals surface area contributed by atoms with Gasteiger partial charge >= 0.3 is 6.09 Å². The average Bonchev–Trinajstić information content (AvgIpc) is 2.36. The number of aromatic nitrogens is 2. The van der Waals surface area contributed by atoms with Crippen molar-refractivity contribution in [2.75, 3.05) is 11.9 Å². The van der Waals surface area contributed by atoms with Crippen molar-refractivity contribution in [1.29, 1.82) is 5.26 Å². The maximum Gasteiger partial charge on any atom is 0.407 e. The lowest BCUT2D eigenvalue weighted by molar-refractivity contribution is 0.0507. The fourth-order valence-corrected chi connectivity index (χ4v) is 1.51. The summed E-state index contributed by atoms with van der Waals surface area (Å²) in [6, 6.07) is 3.49. The van der Waals surface area contributed by atoms with E-state index in [4.69, 9.17) is 10.00 Å². The number of alkyl carbamates (subject to hydrolysis) is 1. The Balaban J connectivity index is 2.32. The molecule has 0 radical (unpaired) electrons. The second kappa shape index (κ2) is 7.43. The lowest BCUT2D eigenvalue weighted by atomic mass is 10.2. The van der Waals surface area contributed by atoms with Crippen molar-refractivity contribution >= 4 is 11.9 Å². The van der Waals surface area contributed by atoms with Crippen LogP contribution in [-0.2, 0) is 4.74 Å². The minimum atomic E-state index is -0.503. The maximum absolute atomic E-state index is 11.6. The van der Waals surface area contributed by atoms with Crippen LogP contribution in [0.2, 0.25) is 0 Å². The van der Waals surface area contributed by atoms with Gasteiger partial charge in [-0.2, -0.15) is 5.26 Å². The number of nitrogens with zero attached hydrogens (tertiary/aromatic N) is 3. The largest absolute Gasteiger partial charge is 0.444 e. The summed E-state index contributed by atoms with van der Waals surface area (Å²) in [4.78, 5) is 19.4. The van der Waals surface area contributed by atoms with Crippen LogP contribution in [0.3, 0.4) is 0 Å². The molecule has 1 aromatic heterocycles. The predicted octanol–water partition coefficient (Wildman–Crippen LogP) is 2.06. The third-order valence-electron chi connectivity index (χ3n) is 2.43. The molecule has 0 unspecified atom stereocenters. The molecule has 0 saturated heterocycles. The molecule has 0 aliphatic rings. The van der Waals surface area contributed by atoms with E-state index < -0.39 is 11.7 Å². The molecule has 1 heterocycles. The van der Waals surface area contributed by atoms with Gasteiger partial charge in [0, 0.05) is 18.7 Å². The summed E-state index contributed by atoms with van der Waals surface area (Å²) in [5, 5.41) is 14.6. The van der Waals surface area contributed by atoms with E-state index in [-0.39, 0.29) is 6.04 Å². The summed E-state index contributed by atoms with van der Waals surface area (Å²) in [6.45, 7) is 7.97. The van der Waals surface area contributed by atoms with Crippen LogP contribution in [0, 0.1) is 11.3 Å². The Kier molecular flexibility index (Phi) is 5.91. The summed E-state index contributed by atoms with van der Waals surface area (Å²) >= 11 is 0. The molecule has 21 heavy (non-hydrogen) atoms. The van der Waals surface area contributed by atoms with Gasteiger partial charge < -0.3 is 15.4 Å². The second-order valence-electron chi connectivity index (χ2n) is 5.66. The van der Waals surface area contributed by atoms with E-state index in [0.717, 1.165) is 0 Å². The van der Waals surface area contributed by atoms with Crippen LogP contribution in [-0.4, -0.2) is 34.2 Å². The third-order valence-corrected chi connectivity index (χ3v) is 2.43. The number of nitriles is 1. The molecule has 0 fully saturated rings. The minimum Gasteiger partial charge on any atom is -0.444 e. The SMILES string of the molecule is C[C@H](CCNc1cc(C#N)ncn1)NC(=O)OC(C)(C)C. The summed E-state index contributed by atoms with van der Waals surface area (Å²) in [5.41, 5.74) is -0.191. The fourth-order valence-electron chi connectivity index (χ4n) is 1.51. The van der Waals surface area contributed by atoms with Crippen molar-refractivity contribution in [2.24, 2.45) is 0 Å². The molecule has 1 amide bonds. The Morgan fingerprint density at radius 1 is 1.48 bits per heavy atom. The number of carbonyl (C=O) groups is 1. The van der Waals surface area contributed by atoms with Gasteiger partial charge in [-0.05, 0) is 34.1 Å². The Bertz CT molecular complexity index is 519. The highest BCUT2D eigenvalue weighted by molar-refractivity contribution is 5.68. The Morgan fingerprint density at radius 2 is 2.19 bits per heavy atom.